The van der Waals surface area contributed by atoms with Crippen molar-refractivity contribution in [3.05, 3.63) is 24.3 Å². The molecule has 3 rings (SSSR count). The first-order chi connectivity index (χ1) is 6.84. The summed E-state index contributed by atoms with van der Waals surface area (Å²) in [6, 6.07) is 1.85. The summed E-state index contributed by atoms with van der Waals surface area (Å²) in [6.45, 7) is 1.85. The fourth-order valence-electron chi connectivity index (χ4n) is 1.44. The van der Waals surface area contributed by atoms with Crippen LogP contribution in [0.15, 0.2) is 18.5 Å². The van der Waals surface area contributed by atoms with Crippen LogP contribution in [0.25, 0.3) is 5.69 Å². The number of rotatable bonds is 0. The molecule has 67 valence electrons. The van der Waals surface area contributed by atoms with Gasteiger partial charge < -0.3 is 4.65 Å². The summed E-state index contributed by atoms with van der Waals surface area (Å²) >= 11 is 0. The molecule has 0 spiro atoms. The molecule has 1 radical (unpaired) electrons. The van der Waals surface area contributed by atoms with Gasteiger partial charge >= 0.3 is 7.48 Å². The number of hydrogen-bond acceptors (Lipinski definition) is 4. The standard InChI is InChI=1S/C8H6BN4O/c1-5-11-8-9-14-7-4-10-3-2-6(7)13(8)12-5/h2-4H,1H3. The molecule has 0 N–H and O–H groups in total. The normalized spacial score (nSPS) is 12.4. The van der Waals surface area contributed by atoms with E-state index >= 15 is 0 Å². The lowest BCUT2D eigenvalue weighted by Crippen LogP contribution is -2.34. The van der Waals surface area contributed by atoms with E-state index < -0.39 is 0 Å². The van der Waals surface area contributed by atoms with Crippen LogP contribution in [0.5, 0.6) is 5.75 Å². The lowest BCUT2D eigenvalue weighted by molar-refractivity contribution is 0.575. The molecule has 1 aliphatic heterocycles. The van der Waals surface area contributed by atoms with Crippen molar-refractivity contribution in [2.45, 2.75) is 6.92 Å². The average molecular weight is 185 g/mol. The summed E-state index contributed by atoms with van der Waals surface area (Å²) < 4.78 is 7.10. The van der Waals surface area contributed by atoms with Crippen LogP contribution in [-0.4, -0.2) is 27.2 Å². The third kappa shape index (κ3) is 0.936. The maximum atomic E-state index is 5.35. The minimum Gasteiger partial charge on any atom is -0.553 e. The molecule has 0 aromatic carbocycles. The molecule has 2 aromatic heterocycles. The Balaban J connectivity index is 2.28. The summed E-state index contributed by atoms with van der Waals surface area (Å²) in [5, 5.41) is 4.26. The van der Waals surface area contributed by atoms with Gasteiger partial charge in [0.15, 0.2) is 0 Å². The Hall–Kier alpha value is -1.85. The predicted octanol–water partition coefficient (Wildman–Crippen LogP) is -0.392. The molecule has 0 atom stereocenters. The minimum atomic E-state index is 0.699. The number of fused-ring (bicyclic) bond motifs is 3. The molecular formula is C8H6BN4O. The van der Waals surface area contributed by atoms with Crippen molar-refractivity contribution in [2.24, 2.45) is 0 Å². The number of hydrogen-bond donors (Lipinski definition) is 0. The van der Waals surface area contributed by atoms with Gasteiger partial charge in [0.2, 0.25) is 0 Å². The van der Waals surface area contributed by atoms with Crippen molar-refractivity contribution in [1.82, 2.24) is 19.7 Å². The van der Waals surface area contributed by atoms with Crippen LogP contribution in [0.1, 0.15) is 5.82 Å². The lowest BCUT2D eigenvalue weighted by Gasteiger charge is -2.15. The molecule has 14 heavy (non-hydrogen) atoms. The van der Waals surface area contributed by atoms with Crippen LogP contribution >= 0.6 is 0 Å². The average Bonchev–Trinajstić information content (AvgIpc) is 2.59. The van der Waals surface area contributed by atoms with Gasteiger partial charge in [0, 0.05) is 6.20 Å². The fraction of sp³-hybridized carbons (Fsp3) is 0.125. The van der Waals surface area contributed by atoms with Gasteiger partial charge in [-0.3, -0.25) is 4.98 Å². The van der Waals surface area contributed by atoms with Crippen LogP contribution in [0.2, 0.25) is 0 Å². The summed E-state index contributed by atoms with van der Waals surface area (Å²) in [5.74, 6) is 1.43. The highest BCUT2D eigenvalue weighted by Gasteiger charge is 2.21. The van der Waals surface area contributed by atoms with E-state index in [9.17, 15) is 0 Å². The first-order valence-corrected chi connectivity index (χ1v) is 4.22. The molecule has 1 aliphatic rings. The second kappa shape index (κ2) is 2.57. The lowest BCUT2D eigenvalue weighted by atomic mass is 9.98. The van der Waals surface area contributed by atoms with Crippen molar-refractivity contribution in [3.8, 4) is 11.4 Å². The van der Waals surface area contributed by atoms with E-state index in [2.05, 4.69) is 15.1 Å². The van der Waals surface area contributed by atoms with E-state index in [0.29, 0.717) is 11.5 Å². The van der Waals surface area contributed by atoms with Crippen molar-refractivity contribution in [3.63, 3.8) is 0 Å². The smallest absolute Gasteiger partial charge is 0.453 e. The molecule has 0 saturated heterocycles. The van der Waals surface area contributed by atoms with Gasteiger partial charge in [0.05, 0.1) is 6.20 Å². The quantitative estimate of drug-likeness (QED) is 0.524. The highest BCUT2D eigenvalue weighted by Crippen LogP contribution is 2.21. The summed E-state index contributed by atoms with van der Waals surface area (Å²) in [5.41, 5.74) is 1.58. The second-order valence-electron chi connectivity index (χ2n) is 3.01. The minimum absolute atomic E-state index is 0.699. The second-order valence-corrected chi connectivity index (χ2v) is 3.01. The Kier molecular flexibility index (Phi) is 1.39. The molecule has 2 aromatic rings. The Labute approximate surface area is 81.0 Å². The molecule has 5 nitrogen and oxygen atoms in total. The molecular weight excluding hydrogens is 179 g/mol. The van der Waals surface area contributed by atoms with Crippen molar-refractivity contribution in [2.75, 3.05) is 0 Å². The van der Waals surface area contributed by atoms with Gasteiger partial charge in [0.25, 0.3) is 0 Å². The highest BCUT2D eigenvalue weighted by molar-refractivity contribution is 6.46. The predicted molar refractivity (Wildman–Crippen MR) is 49.9 cm³/mol. The van der Waals surface area contributed by atoms with Crippen LogP contribution in [-0.2, 0) is 0 Å². The van der Waals surface area contributed by atoms with Gasteiger partial charge in [-0.25, -0.2) is 9.67 Å². The zero-order valence-electron chi connectivity index (χ0n) is 7.51. The summed E-state index contributed by atoms with van der Waals surface area (Å²) in [6.07, 6.45) is 3.36. The Morgan fingerprint density at radius 2 is 2.43 bits per heavy atom. The zero-order valence-corrected chi connectivity index (χ0v) is 7.51. The van der Waals surface area contributed by atoms with Crippen LogP contribution in [0, 0.1) is 6.92 Å². The summed E-state index contributed by atoms with van der Waals surface area (Å²) in [7, 11) is 1.57. The maximum absolute atomic E-state index is 5.35. The third-order valence-electron chi connectivity index (χ3n) is 2.02. The highest BCUT2D eigenvalue weighted by atomic mass is 16.4. The van der Waals surface area contributed by atoms with E-state index in [1.807, 2.05) is 13.0 Å². The Morgan fingerprint density at radius 1 is 1.50 bits per heavy atom. The van der Waals surface area contributed by atoms with E-state index in [4.69, 9.17) is 4.65 Å². The maximum Gasteiger partial charge on any atom is 0.453 e. The Morgan fingerprint density at radius 3 is 3.36 bits per heavy atom. The third-order valence-corrected chi connectivity index (χ3v) is 2.02. The molecule has 0 bridgehead atoms. The van der Waals surface area contributed by atoms with E-state index in [-0.39, 0.29) is 0 Å². The van der Waals surface area contributed by atoms with E-state index in [1.165, 1.54) is 0 Å². The first-order valence-electron chi connectivity index (χ1n) is 4.22. The topological polar surface area (TPSA) is 52.8 Å². The number of aryl methyl sites for hydroxylation is 1. The monoisotopic (exact) mass is 185 g/mol. The van der Waals surface area contributed by atoms with Crippen LogP contribution < -0.4 is 10.4 Å². The molecule has 0 saturated carbocycles. The molecule has 6 heteroatoms. The SMILES string of the molecule is Cc1nc2n(n1)-c1ccncc1O[B]2. The molecule has 0 amide bonds. The van der Waals surface area contributed by atoms with E-state index in [0.717, 1.165) is 11.5 Å². The van der Waals surface area contributed by atoms with Crippen LogP contribution in [0.3, 0.4) is 0 Å². The Bertz CT molecular complexity index is 496. The van der Waals surface area contributed by atoms with E-state index in [1.54, 1.807) is 24.6 Å². The van der Waals surface area contributed by atoms with Crippen LogP contribution in [0.4, 0.5) is 0 Å². The number of nitrogens with zero attached hydrogens (tertiary/aromatic N) is 4. The largest absolute Gasteiger partial charge is 0.553 e. The van der Waals surface area contributed by atoms with Crippen molar-refractivity contribution < 1.29 is 4.65 Å². The molecule has 0 fully saturated rings. The van der Waals surface area contributed by atoms with Gasteiger partial charge in [-0.1, -0.05) is 0 Å². The first kappa shape index (κ1) is 7.55. The van der Waals surface area contributed by atoms with Gasteiger partial charge in [-0.15, -0.1) is 0 Å². The van der Waals surface area contributed by atoms with Gasteiger partial charge in [0.1, 0.15) is 23.0 Å². The molecule has 3 heterocycles. The number of pyridine rings is 1. The zero-order chi connectivity index (χ0) is 9.54. The number of aromatic nitrogens is 4. The van der Waals surface area contributed by atoms with Crippen molar-refractivity contribution in [1.29, 1.82) is 0 Å². The van der Waals surface area contributed by atoms with Crippen molar-refractivity contribution >= 4 is 13.2 Å². The van der Waals surface area contributed by atoms with Gasteiger partial charge in [-0.2, -0.15) is 5.10 Å². The molecule has 0 unspecified atom stereocenters. The summed E-state index contributed by atoms with van der Waals surface area (Å²) in [4.78, 5) is 8.17. The van der Waals surface area contributed by atoms with Gasteiger partial charge in [-0.05, 0) is 13.0 Å². The fourth-order valence-corrected chi connectivity index (χ4v) is 1.44. The molecule has 0 aliphatic carbocycles.